The maximum Gasteiger partial charge on any atom is 0.243 e. The van der Waals surface area contributed by atoms with Gasteiger partial charge in [0.15, 0.2) is 5.17 Å². The standard InChI is InChI=1S/C29H34N4O2S/c1-29(2,3)22-11-5-6-13-25(22)35-27-24(12-8-15-30-27)32-28-31-23-14-16-33(19-26(23)36-28)18-20-9-7-10-21(17-20)34-4/h5-13,15,17,23,26H,14,16,18-19H2,1-4H3,(H,31,32). The Morgan fingerprint density at radius 2 is 1.94 bits per heavy atom. The number of fused-ring (bicyclic) bond motifs is 1. The quantitative estimate of drug-likeness (QED) is 0.425. The van der Waals surface area contributed by atoms with Crippen molar-refractivity contribution in [2.75, 3.05) is 25.5 Å². The number of anilines is 1. The summed E-state index contributed by atoms with van der Waals surface area (Å²) in [6.07, 6.45) is 2.82. The van der Waals surface area contributed by atoms with E-state index in [-0.39, 0.29) is 5.41 Å². The number of pyridine rings is 1. The van der Waals surface area contributed by atoms with E-state index in [1.807, 2.05) is 48.2 Å². The lowest BCUT2D eigenvalue weighted by Crippen LogP contribution is -2.42. The average Bonchev–Trinajstić information content (AvgIpc) is 3.26. The zero-order valence-corrected chi connectivity index (χ0v) is 22.2. The van der Waals surface area contributed by atoms with Gasteiger partial charge in [0.1, 0.15) is 17.2 Å². The predicted molar refractivity (Wildman–Crippen MR) is 149 cm³/mol. The maximum absolute atomic E-state index is 6.34. The van der Waals surface area contributed by atoms with Gasteiger partial charge in [-0.15, -0.1) is 0 Å². The first-order chi connectivity index (χ1) is 17.4. The van der Waals surface area contributed by atoms with Gasteiger partial charge in [-0.2, -0.15) is 0 Å². The third-order valence-corrected chi connectivity index (χ3v) is 7.81. The van der Waals surface area contributed by atoms with Gasteiger partial charge in [-0.05, 0) is 47.7 Å². The lowest BCUT2D eigenvalue weighted by molar-refractivity contribution is 0.213. The summed E-state index contributed by atoms with van der Waals surface area (Å²) in [6, 6.07) is 20.8. The third kappa shape index (κ3) is 5.68. The molecule has 0 bridgehead atoms. The molecule has 5 rings (SSSR count). The summed E-state index contributed by atoms with van der Waals surface area (Å²) in [5, 5.41) is 4.89. The fraction of sp³-hybridized carbons (Fsp3) is 0.379. The Balaban J connectivity index is 1.25. The lowest BCUT2D eigenvalue weighted by atomic mass is 9.86. The van der Waals surface area contributed by atoms with Crippen molar-refractivity contribution in [1.29, 1.82) is 0 Å². The molecule has 6 nitrogen and oxygen atoms in total. The molecule has 0 saturated carbocycles. The van der Waals surface area contributed by atoms with Gasteiger partial charge in [0, 0.05) is 36.6 Å². The molecule has 1 saturated heterocycles. The number of benzene rings is 2. The van der Waals surface area contributed by atoms with E-state index in [1.165, 1.54) is 5.56 Å². The fourth-order valence-corrected chi connectivity index (χ4v) is 6.04. The molecule has 1 aromatic heterocycles. The molecule has 1 fully saturated rings. The lowest BCUT2D eigenvalue weighted by Gasteiger charge is -2.33. The number of thioether (sulfide) groups is 1. The maximum atomic E-state index is 6.34. The first-order valence-electron chi connectivity index (χ1n) is 12.5. The van der Waals surface area contributed by atoms with Crippen molar-refractivity contribution in [1.82, 2.24) is 9.88 Å². The molecule has 188 valence electrons. The Bertz CT molecular complexity index is 1240. The number of likely N-dealkylation sites (tertiary alicyclic amines) is 1. The summed E-state index contributed by atoms with van der Waals surface area (Å²) in [6.45, 7) is 9.55. The normalized spacial score (nSPS) is 19.9. The van der Waals surface area contributed by atoms with Gasteiger partial charge < -0.3 is 14.8 Å². The molecular weight excluding hydrogens is 468 g/mol. The second-order valence-electron chi connectivity index (χ2n) is 10.4. The van der Waals surface area contributed by atoms with Crippen molar-refractivity contribution >= 4 is 22.6 Å². The molecular formula is C29H34N4O2S. The number of aromatic nitrogens is 1. The number of rotatable bonds is 6. The van der Waals surface area contributed by atoms with E-state index in [1.54, 1.807) is 13.3 Å². The highest BCUT2D eigenvalue weighted by atomic mass is 32.2. The van der Waals surface area contributed by atoms with E-state index in [9.17, 15) is 0 Å². The van der Waals surface area contributed by atoms with Gasteiger partial charge in [0.05, 0.1) is 13.2 Å². The van der Waals surface area contributed by atoms with E-state index >= 15 is 0 Å². The summed E-state index contributed by atoms with van der Waals surface area (Å²) in [5.41, 5.74) is 3.23. The van der Waals surface area contributed by atoms with Crippen LogP contribution in [-0.4, -0.2) is 46.5 Å². The number of nitrogens with zero attached hydrogens (tertiary/aromatic N) is 3. The average molecular weight is 503 g/mol. The molecule has 36 heavy (non-hydrogen) atoms. The Hall–Kier alpha value is -3.03. The van der Waals surface area contributed by atoms with Crippen LogP contribution in [0.2, 0.25) is 0 Å². The number of hydrogen-bond acceptors (Lipinski definition) is 7. The summed E-state index contributed by atoms with van der Waals surface area (Å²) < 4.78 is 11.7. The highest BCUT2D eigenvalue weighted by Gasteiger charge is 2.35. The van der Waals surface area contributed by atoms with Crippen LogP contribution < -0.4 is 14.8 Å². The minimum atomic E-state index is -0.0309. The van der Waals surface area contributed by atoms with Gasteiger partial charge in [0.25, 0.3) is 0 Å². The van der Waals surface area contributed by atoms with Crippen LogP contribution in [-0.2, 0) is 12.0 Å². The number of ether oxygens (including phenoxy) is 2. The molecule has 1 N–H and O–H groups in total. The smallest absolute Gasteiger partial charge is 0.243 e. The molecule has 0 amide bonds. The molecule has 0 radical (unpaired) electrons. The molecule has 2 unspecified atom stereocenters. The van der Waals surface area contributed by atoms with Crippen molar-refractivity contribution in [2.24, 2.45) is 4.99 Å². The predicted octanol–water partition coefficient (Wildman–Crippen LogP) is 6.34. The summed E-state index contributed by atoms with van der Waals surface area (Å²) in [7, 11) is 1.72. The Kier molecular flexibility index (Phi) is 7.21. The molecule has 2 atom stereocenters. The Morgan fingerprint density at radius 1 is 1.08 bits per heavy atom. The van der Waals surface area contributed by atoms with Crippen LogP contribution >= 0.6 is 11.8 Å². The zero-order valence-electron chi connectivity index (χ0n) is 21.4. The minimum Gasteiger partial charge on any atom is -0.497 e. The van der Waals surface area contributed by atoms with Crippen molar-refractivity contribution in [3.63, 3.8) is 0 Å². The van der Waals surface area contributed by atoms with Crippen LogP contribution in [0.25, 0.3) is 0 Å². The first kappa shape index (κ1) is 24.7. The van der Waals surface area contributed by atoms with Crippen molar-refractivity contribution in [3.05, 3.63) is 78.0 Å². The number of amidine groups is 1. The highest BCUT2D eigenvalue weighted by molar-refractivity contribution is 8.15. The van der Waals surface area contributed by atoms with Crippen LogP contribution in [0.3, 0.4) is 0 Å². The number of para-hydroxylation sites is 1. The highest BCUT2D eigenvalue weighted by Crippen LogP contribution is 2.38. The van der Waals surface area contributed by atoms with Crippen LogP contribution in [0.1, 0.15) is 38.3 Å². The van der Waals surface area contributed by atoms with Crippen LogP contribution in [0.5, 0.6) is 17.4 Å². The first-order valence-corrected chi connectivity index (χ1v) is 13.4. The molecule has 7 heteroatoms. The molecule has 3 heterocycles. The van der Waals surface area contributed by atoms with E-state index in [2.05, 4.69) is 60.2 Å². The number of hydrogen-bond donors (Lipinski definition) is 1. The molecule has 0 spiro atoms. The van der Waals surface area contributed by atoms with Gasteiger partial charge in [-0.25, -0.2) is 4.98 Å². The molecule has 3 aromatic rings. The number of aliphatic imine (C=N–C) groups is 1. The molecule has 2 aliphatic rings. The van der Waals surface area contributed by atoms with Crippen LogP contribution in [0.4, 0.5) is 5.69 Å². The molecule has 0 aliphatic carbocycles. The number of piperidine rings is 1. The van der Waals surface area contributed by atoms with Crippen LogP contribution in [0.15, 0.2) is 71.9 Å². The van der Waals surface area contributed by atoms with Crippen molar-refractivity contribution < 1.29 is 9.47 Å². The largest absolute Gasteiger partial charge is 0.497 e. The topological polar surface area (TPSA) is 59.0 Å². The SMILES string of the molecule is COc1cccc(CN2CCC3N=C(Nc4cccnc4Oc4ccccc4C(C)(C)C)SC3C2)c1. The summed E-state index contributed by atoms with van der Waals surface area (Å²) in [4.78, 5) is 12.1. The monoisotopic (exact) mass is 502 g/mol. The van der Waals surface area contributed by atoms with Crippen molar-refractivity contribution in [2.45, 2.75) is 50.4 Å². The second kappa shape index (κ2) is 10.5. The molecule has 2 aliphatic heterocycles. The summed E-state index contributed by atoms with van der Waals surface area (Å²) >= 11 is 1.82. The van der Waals surface area contributed by atoms with E-state index in [4.69, 9.17) is 14.5 Å². The van der Waals surface area contributed by atoms with E-state index < -0.39 is 0 Å². The van der Waals surface area contributed by atoms with Gasteiger partial charge >= 0.3 is 0 Å². The fourth-order valence-electron chi connectivity index (χ4n) is 4.75. The summed E-state index contributed by atoms with van der Waals surface area (Å²) in [5.74, 6) is 2.30. The number of methoxy groups -OCH3 is 1. The zero-order chi connectivity index (χ0) is 25.1. The van der Waals surface area contributed by atoms with E-state index in [0.29, 0.717) is 17.2 Å². The molecule has 2 aromatic carbocycles. The third-order valence-electron chi connectivity index (χ3n) is 6.61. The van der Waals surface area contributed by atoms with Gasteiger partial charge in [0.2, 0.25) is 5.88 Å². The second-order valence-corrected chi connectivity index (χ2v) is 11.6. The minimum absolute atomic E-state index is 0.0309. The number of nitrogens with one attached hydrogen (secondary N) is 1. The van der Waals surface area contributed by atoms with Crippen molar-refractivity contribution in [3.8, 4) is 17.4 Å². The Morgan fingerprint density at radius 3 is 2.78 bits per heavy atom. The van der Waals surface area contributed by atoms with Crippen LogP contribution in [0, 0.1) is 0 Å². The van der Waals surface area contributed by atoms with Gasteiger partial charge in [-0.1, -0.05) is 62.9 Å². The Labute approximate surface area is 218 Å². The van der Waals surface area contributed by atoms with Gasteiger partial charge in [-0.3, -0.25) is 9.89 Å². The van der Waals surface area contributed by atoms with E-state index in [0.717, 1.165) is 54.0 Å².